The van der Waals surface area contributed by atoms with E-state index in [0.717, 1.165) is 17.8 Å². The van der Waals surface area contributed by atoms with Crippen LogP contribution in [0.2, 0.25) is 0 Å². The van der Waals surface area contributed by atoms with Gasteiger partial charge in [0, 0.05) is 38.4 Å². The van der Waals surface area contributed by atoms with E-state index in [1.54, 1.807) is 0 Å². The number of carbonyl (C=O) groups is 2. The normalized spacial score (nSPS) is 16.7. The molecule has 1 fully saturated rings. The number of amides is 2. The van der Waals surface area contributed by atoms with Gasteiger partial charge in [0.2, 0.25) is 11.8 Å². The molecule has 5 nitrogen and oxygen atoms in total. The van der Waals surface area contributed by atoms with E-state index in [2.05, 4.69) is 5.32 Å². The second-order valence-corrected chi connectivity index (χ2v) is 6.40. The maximum Gasteiger partial charge on any atom is 0.229 e. The molecule has 3 rings (SSSR count). The Hall–Kier alpha value is -2.96. The van der Waals surface area contributed by atoms with Crippen LogP contribution in [0.4, 0.5) is 25.8 Å². The molecular formula is C19H19F2N3O2. The molecule has 2 aromatic carbocycles. The lowest BCUT2D eigenvalue weighted by atomic mass is 10.1. The molecule has 1 heterocycles. The monoisotopic (exact) mass is 359 g/mol. The summed E-state index contributed by atoms with van der Waals surface area (Å²) in [5.41, 5.74) is 1.19. The molecule has 1 unspecified atom stereocenters. The zero-order valence-corrected chi connectivity index (χ0v) is 14.5. The van der Waals surface area contributed by atoms with Gasteiger partial charge in [-0.25, -0.2) is 8.78 Å². The summed E-state index contributed by atoms with van der Waals surface area (Å²) in [5.74, 6) is -3.14. The third kappa shape index (κ3) is 3.51. The van der Waals surface area contributed by atoms with Crippen molar-refractivity contribution in [2.45, 2.75) is 6.42 Å². The van der Waals surface area contributed by atoms with Crippen LogP contribution in [-0.4, -0.2) is 32.5 Å². The van der Waals surface area contributed by atoms with Crippen LogP contribution in [0.25, 0.3) is 0 Å². The molecule has 0 aliphatic carbocycles. The number of para-hydroxylation sites is 1. The fourth-order valence-electron chi connectivity index (χ4n) is 2.91. The summed E-state index contributed by atoms with van der Waals surface area (Å²) in [6.45, 7) is 0.169. The molecule has 0 radical (unpaired) electrons. The van der Waals surface area contributed by atoms with Crippen molar-refractivity contribution in [1.82, 2.24) is 0 Å². The van der Waals surface area contributed by atoms with Gasteiger partial charge in [-0.2, -0.15) is 0 Å². The van der Waals surface area contributed by atoms with Gasteiger partial charge in [-0.3, -0.25) is 9.59 Å². The number of hydrogen-bond donors (Lipinski definition) is 1. The average molecular weight is 359 g/mol. The first-order valence-corrected chi connectivity index (χ1v) is 8.19. The molecule has 0 aromatic heterocycles. The average Bonchev–Trinajstić information content (AvgIpc) is 3.00. The third-order valence-electron chi connectivity index (χ3n) is 4.38. The maximum atomic E-state index is 13.7. The summed E-state index contributed by atoms with van der Waals surface area (Å²) < 4.78 is 27.4. The highest BCUT2D eigenvalue weighted by atomic mass is 19.1. The number of benzene rings is 2. The fourth-order valence-corrected chi connectivity index (χ4v) is 2.91. The minimum atomic E-state index is -0.848. The molecule has 2 aromatic rings. The van der Waals surface area contributed by atoms with E-state index in [1.807, 2.05) is 43.3 Å². The summed E-state index contributed by atoms with van der Waals surface area (Å²) in [6, 6.07) is 10.7. The number of hydrogen-bond acceptors (Lipinski definition) is 3. The van der Waals surface area contributed by atoms with Gasteiger partial charge < -0.3 is 15.1 Å². The van der Waals surface area contributed by atoms with Crippen LogP contribution in [0.15, 0.2) is 42.5 Å². The summed E-state index contributed by atoms with van der Waals surface area (Å²) in [7, 11) is 3.83. The van der Waals surface area contributed by atoms with Crippen molar-refractivity contribution in [3.63, 3.8) is 0 Å². The first kappa shape index (κ1) is 17.8. The standard InChI is InChI=1S/C19H19F2N3O2/c1-23(2)13-6-8-14(9-7-13)24-11-12(10-17(24)25)19(26)22-18-15(20)4-3-5-16(18)21/h3-9,12H,10-11H2,1-2H3,(H,22,26). The van der Waals surface area contributed by atoms with Crippen LogP contribution in [0.1, 0.15) is 6.42 Å². The van der Waals surface area contributed by atoms with E-state index < -0.39 is 29.1 Å². The number of carbonyl (C=O) groups excluding carboxylic acids is 2. The molecular weight excluding hydrogens is 340 g/mol. The van der Waals surface area contributed by atoms with Crippen LogP contribution in [0.5, 0.6) is 0 Å². The van der Waals surface area contributed by atoms with E-state index in [9.17, 15) is 18.4 Å². The molecule has 0 spiro atoms. The topological polar surface area (TPSA) is 52.6 Å². The first-order valence-electron chi connectivity index (χ1n) is 8.19. The largest absolute Gasteiger partial charge is 0.378 e. The SMILES string of the molecule is CN(C)c1ccc(N2CC(C(=O)Nc3c(F)cccc3F)CC2=O)cc1. The smallest absolute Gasteiger partial charge is 0.229 e. The van der Waals surface area contributed by atoms with Crippen molar-refractivity contribution in [3.8, 4) is 0 Å². The molecule has 0 saturated carbocycles. The zero-order chi connectivity index (χ0) is 18.8. The van der Waals surface area contributed by atoms with Crippen LogP contribution >= 0.6 is 0 Å². The number of nitrogens with one attached hydrogen (secondary N) is 1. The summed E-state index contributed by atoms with van der Waals surface area (Å²) in [6.07, 6.45) is -0.00264. The van der Waals surface area contributed by atoms with E-state index >= 15 is 0 Å². The van der Waals surface area contributed by atoms with Crippen LogP contribution in [-0.2, 0) is 9.59 Å². The van der Waals surface area contributed by atoms with Crippen LogP contribution in [0.3, 0.4) is 0 Å². The molecule has 26 heavy (non-hydrogen) atoms. The van der Waals surface area contributed by atoms with Crippen LogP contribution < -0.4 is 15.1 Å². The minimum Gasteiger partial charge on any atom is -0.378 e. The molecule has 1 atom stereocenters. The second kappa shape index (κ2) is 7.11. The molecule has 0 bridgehead atoms. The number of nitrogens with zero attached hydrogens (tertiary/aromatic N) is 2. The zero-order valence-electron chi connectivity index (χ0n) is 14.5. The maximum absolute atomic E-state index is 13.7. The van der Waals surface area contributed by atoms with Crippen LogP contribution in [0, 0.1) is 17.6 Å². The summed E-state index contributed by atoms with van der Waals surface area (Å²) in [5, 5.41) is 2.26. The Bertz CT molecular complexity index is 817. The molecule has 2 amide bonds. The van der Waals surface area contributed by atoms with E-state index in [4.69, 9.17) is 0 Å². The molecule has 1 saturated heterocycles. The fraction of sp³-hybridized carbons (Fsp3) is 0.263. The van der Waals surface area contributed by atoms with E-state index in [-0.39, 0.29) is 18.9 Å². The highest BCUT2D eigenvalue weighted by molar-refractivity contribution is 6.03. The van der Waals surface area contributed by atoms with Gasteiger partial charge in [0.05, 0.1) is 5.92 Å². The van der Waals surface area contributed by atoms with Gasteiger partial charge in [-0.15, -0.1) is 0 Å². The number of rotatable bonds is 4. The summed E-state index contributed by atoms with van der Waals surface area (Å²) in [4.78, 5) is 28.1. The Balaban J connectivity index is 1.72. The highest BCUT2D eigenvalue weighted by Crippen LogP contribution is 2.28. The Morgan fingerprint density at radius 3 is 2.31 bits per heavy atom. The van der Waals surface area contributed by atoms with Crippen molar-refractivity contribution in [1.29, 1.82) is 0 Å². The lowest BCUT2D eigenvalue weighted by molar-refractivity contribution is -0.122. The predicted molar refractivity (Wildman–Crippen MR) is 96.2 cm³/mol. The number of halogens is 2. The van der Waals surface area contributed by atoms with Gasteiger partial charge in [-0.1, -0.05) is 6.07 Å². The van der Waals surface area contributed by atoms with E-state index in [1.165, 1.54) is 11.0 Å². The quantitative estimate of drug-likeness (QED) is 0.913. The van der Waals surface area contributed by atoms with Gasteiger partial charge >= 0.3 is 0 Å². The van der Waals surface area contributed by atoms with Gasteiger partial charge in [0.25, 0.3) is 0 Å². The van der Waals surface area contributed by atoms with Gasteiger partial charge in [-0.05, 0) is 36.4 Å². The Morgan fingerprint density at radius 1 is 1.12 bits per heavy atom. The van der Waals surface area contributed by atoms with Crippen molar-refractivity contribution < 1.29 is 18.4 Å². The number of anilines is 3. The van der Waals surface area contributed by atoms with Gasteiger partial charge in [0.1, 0.15) is 17.3 Å². The van der Waals surface area contributed by atoms with Gasteiger partial charge in [0.15, 0.2) is 0 Å². The Morgan fingerprint density at radius 2 is 1.73 bits per heavy atom. The molecule has 136 valence electrons. The van der Waals surface area contributed by atoms with Crippen molar-refractivity contribution in [2.75, 3.05) is 35.8 Å². The van der Waals surface area contributed by atoms with E-state index in [0.29, 0.717) is 5.69 Å². The predicted octanol–water partition coefficient (Wildman–Crippen LogP) is 3.02. The Labute approximate surface area is 150 Å². The Kier molecular flexibility index (Phi) is 4.88. The van der Waals surface area contributed by atoms with Crippen molar-refractivity contribution in [2.24, 2.45) is 5.92 Å². The molecule has 1 aliphatic heterocycles. The van der Waals surface area contributed by atoms with Crippen molar-refractivity contribution in [3.05, 3.63) is 54.1 Å². The lowest BCUT2D eigenvalue weighted by Gasteiger charge is -2.19. The lowest BCUT2D eigenvalue weighted by Crippen LogP contribution is -2.28. The molecule has 1 aliphatic rings. The summed E-state index contributed by atoms with van der Waals surface area (Å²) >= 11 is 0. The second-order valence-electron chi connectivity index (χ2n) is 6.40. The molecule has 7 heteroatoms. The molecule has 1 N–H and O–H groups in total. The van der Waals surface area contributed by atoms with Crippen molar-refractivity contribution >= 4 is 28.9 Å². The minimum absolute atomic E-state index is 0.00264. The third-order valence-corrected chi connectivity index (χ3v) is 4.38. The highest BCUT2D eigenvalue weighted by Gasteiger charge is 2.35. The first-order chi connectivity index (χ1) is 12.4.